The van der Waals surface area contributed by atoms with Crippen molar-refractivity contribution in [1.82, 2.24) is 9.97 Å². The summed E-state index contributed by atoms with van der Waals surface area (Å²) in [6.45, 7) is 0. The molecule has 0 atom stereocenters. The first kappa shape index (κ1) is 22.1. The van der Waals surface area contributed by atoms with Crippen LogP contribution in [-0.2, 0) is 20.1 Å². The van der Waals surface area contributed by atoms with Gasteiger partial charge in [0.25, 0.3) is 0 Å². The molecule has 0 fully saturated rings. The van der Waals surface area contributed by atoms with Gasteiger partial charge in [-0.15, -0.1) is 59.5 Å². The molecule has 0 unspecified atom stereocenters. The molecule has 0 bridgehead atoms. The molecule has 6 heteroatoms. The maximum Gasteiger partial charge on any atom is 0.137 e. The van der Waals surface area contributed by atoms with Crippen molar-refractivity contribution in [2.45, 2.75) is 0 Å². The Hall–Kier alpha value is -3.73. The number of pyridine rings is 2. The van der Waals surface area contributed by atoms with Crippen LogP contribution in [0, 0.1) is 23.8 Å². The van der Waals surface area contributed by atoms with E-state index in [4.69, 9.17) is 4.42 Å². The van der Waals surface area contributed by atoms with Gasteiger partial charge < -0.3 is 14.4 Å². The van der Waals surface area contributed by atoms with Crippen molar-refractivity contribution in [3.05, 3.63) is 109 Å². The molecule has 1 radical (unpaired) electrons. The van der Waals surface area contributed by atoms with E-state index in [-0.39, 0.29) is 20.1 Å². The molecule has 4 aromatic carbocycles. The summed E-state index contributed by atoms with van der Waals surface area (Å²) >= 11 is 0. The third-order valence-corrected chi connectivity index (χ3v) is 5.53. The van der Waals surface area contributed by atoms with Crippen molar-refractivity contribution in [1.29, 1.82) is 0 Å². The number of nitrogens with zero attached hydrogens (tertiary/aromatic N) is 2. The molecule has 167 valence electrons. The summed E-state index contributed by atoms with van der Waals surface area (Å²) in [6, 6.07) is 26.9. The second-order valence-electron chi connectivity index (χ2n) is 7.56. The largest absolute Gasteiger partial charge is 0.457 e. The van der Waals surface area contributed by atoms with Crippen LogP contribution in [0.25, 0.3) is 54.9 Å². The molecule has 3 aromatic heterocycles. The molecular formula is C28H14F2IrN2O-2. The molecule has 3 heterocycles. The molecule has 0 aliphatic carbocycles. The topological polar surface area (TPSA) is 38.9 Å². The second kappa shape index (κ2) is 8.90. The zero-order valence-electron chi connectivity index (χ0n) is 17.5. The predicted molar refractivity (Wildman–Crippen MR) is 125 cm³/mol. The van der Waals surface area contributed by atoms with Crippen LogP contribution in [-0.4, -0.2) is 9.97 Å². The van der Waals surface area contributed by atoms with Crippen LogP contribution >= 0.6 is 0 Å². The van der Waals surface area contributed by atoms with Crippen LogP contribution in [0.2, 0.25) is 0 Å². The average Bonchev–Trinajstić information content (AvgIpc) is 3.23. The van der Waals surface area contributed by atoms with Gasteiger partial charge in [-0.1, -0.05) is 17.5 Å². The van der Waals surface area contributed by atoms with Gasteiger partial charge in [0.05, 0.1) is 0 Å². The standard InChI is InChI=1S/C17H6F2NO.C11H8N.Ir/c18-8-1-2-10-11(5-8)12-6-9(19)7-14-15(12)16-13(21-14)3-4-20-17(10)16;1-2-6-10(7-3-1)11-8-4-5-9-12-11;/h1,3-7H;1-6,8-9H;/q2*-1;. The summed E-state index contributed by atoms with van der Waals surface area (Å²) in [5.41, 5.74) is 3.80. The average molecular weight is 625 g/mol. The molecule has 0 saturated heterocycles. The van der Waals surface area contributed by atoms with Gasteiger partial charge in [-0.3, -0.25) is 4.39 Å². The molecule has 34 heavy (non-hydrogen) atoms. The summed E-state index contributed by atoms with van der Waals surface area (Å²) in [4.78, 5) is 8.60. The van der Waals surface area contributed by atoms with E-state index < -0.39 is 11.6 Å². The third-order valence-electron chi connectivity index (χ3n) is 5.53. The summed E-state index contributed by atoms with van der Waals surface area (Å²) in [5, 5.41) is 3.49. The van der Waals surface area contributed by atoms with E-state index in [1.807, 2.05) is 42.5 Å². The van der Waals surface area contributed by atoms with Crippen LogP contribution in [0.4, 0.5) is 8.78 Å². The minimum atomic E-state index is -0.414. The van der Waals surface area contributed by atoms with Gasteiger partial charge in [0.15, 0.2) is 0 Å². The smallest absolute Gasteiger partial charge is 0.137 e. The fraction of sp³-hybridized carbons (Fsp3) is 0. The predicted octanol–water partition coefficient (Wildman–Crippen LogP) is 7.35. The zero-order valence-corrected chi connectivity index (χ0v) is 19.9. The maximum absolute atomic E-state index is 13.8. The van der Waals surface area contributed by atoms with Crippen LogP contribution in [0.1, 0.15) is 0 Å². The molecule has 0 aliphatic rings. The Kier molecular flexibility index (Phi) is 5.78. The Morgan fingerprint density at radius 1 is 0.735 bits per heavy atom. The number of benzene rings is 4. The molecule has 3 nitrogen and oxygen atoms in total. The van der Waals surface area contributed by atoms with Crippen molar-refractivity contribution in [2.24, 2.45) is 0 Å². The molecule has 0 spiro atoms. The Balaban J connectivity index is 0.000000159. The van der Waals surface area contributed by atoms with Crippen LogP contribution in [0.5, 0.6) is 0 Å². The van der Waals surface area contributed by atoms with Crippen molar-refractivity contribution >= 4 is 43.6 Å². The number of hydrogen-bond donors (Lipinski definition) is 0. The first-order valence-electron chi connectivity index (χ1n) is 10.3. The number of fused-ring (bicyclic) bond motifs is 3. The van der Waals surface area contributed by atoms with Crippen LogP contribution < -0.4 is 0 Å². The zero-order chi connectivity index (χ0) is 22.4. The fourth-order valence-electron chi connectivity index (χ4n) is 4.17. The minimum absolute atomic E-state index is 0. The van der Waals surface area contributed by atoms with E-state index in [1.54, 1.807) is 18.5 Å². The summed E-state index contributed by atoms with van der Waals surface area (Å²) in [5.74, 6) is -0.826. The van der Waals surface area contributed by atoms with Crippen molar-refractivity contribution in [3.63, 3.8) is 0 Å². The van der Waals surface area contributed by atoms with E-state index in [2.05, 4.69) is 22.1 Å². The molecule has 0 amide bonds. The number of hydrogen-bond acceptors (Lipinski definition) is 3. The van der Waals surface area contributed by atoms with Gasteiger partial charge in [0, 0.05) is 60.7 Å². The monoisotopic (exact) mass is 625 g/mol. The molecule has 0 N–H and O–H groups in total. The number of furan rings is 1. The summed E-state index contributed by atoms with van der Waals surface area (Å²) in [7, 11) is 0. The van der Waals surface area contributed by atoms with Crippen LogP contribution in [0.3, 0.4) is 0 Å². The van der Waals surface area contributed by atoms with E-state index >= 15 is 0 Å². The first-order chi connectivity index (χ1) is 16.2. The van der Waals surface area contributed by atoms with E-state index in [0.717, 1.165) is 22.0 Å². The normalized spacial score (nSPS) is 11.0. The van der Waals surface area contributed by atoms with Gasteiger partial charge in [0.1, 0.15) is 17.0 Å². The molecular weight excluding hydrogens is 611 g/mol. The summed E-state index contributed by atoms with van der Waals surface area (Å²) in [6.07, 6.45) is 3.42. The van der Waals surface area contributed by atoms with Gasteiger partial charge in [-0.05, 0) is 29.3 Å². The summed E-state index contributed by atoms with van der Waals surface area (Å²) < 4.78 is 33.2. The Bertz CT molecular complexity index is 1700. The maximum atomic E-state index is 13.8. The van der Waals surface area contributed by atoms with Crippen LogP contribution in [0.15, 0.2) is 89.6 Å². The molecule has 7 rings (SSSR count). The number of halogens is 2. The number of aromatic nitrogens is 2. The first-order valence-corrected chi connectivity index (χ1v) is 10.3. The second-order valence-corrected chi connectivity index (χ2v) is 7.56. The van der Waals surface area contributed by atoms with Crippen molar-refractivity contribution in [2.75, 3.05) is 0 Å². The van der Waals surface area contributed by atoms with Gasteiger partial charge in [-0.25, -0.2) is 4.39 Å². The van der Waals surface area contributed by atoms with E-state index in [0.29, 0.717) is 32.8 Å². The van der Waals surface area contributed by atoms with Gasteiger partial charge in [0.2, 0.25) is 0 Å². The number of rotatable bonds is 1. The third kappa shape index (κ3) is 3.71. The van der Waals surface area contributed by atoms with Crippen molar-refractivity contribution < 1.29 is 33.3 Å². The molecule has 0 saturated carbocycles. The van der Waals surface area contributed by atoms with Gasteiger partial charge in [-0.2, -0.15) is 0 Å². The fourth-order valence-corrected chi connectivity index (χ4v) is 4.17. The Labute approximate surface area is 206 Å². The molecule has 0 aliphatic heterocycles. The van der Waals surface area contributed by atoms with E-state index in [9.17, 15) is 8.78 Å². The Morgan fingerprint density at radius 3 is 2.38 bits per heavy atom. The van der Waals surface area contributed by atoms with Gasteiger partial charge >= 0.3 is 0 Å². The van der Waals surface area contributed by atoms with Crippen molar-refractivity contribution in [3.8, 4) is 11.3 Å². The minimum Gasteiger partial charge on any atom is -0.457 e. The van der Waals surface area contributed by atoms with E-state index in [1.165, 1.54) is 24.3 Å². The molecule has 7 aromatic rings. The Morgan fingerprint density at radius 2 is 1.59 bits per heavy atom. The quantitative estimate of drug-likeness (QED) is 0.142. The SMILES string of the molecule is Fc1c[c-]c2c(c1)c1cc(F)cc3oc4ccnc2c4c31.[Ir].[c-]1ccccc1-c1ccccn1.